The van der Waals surface area contributed by atoms with Crippen molar-refractivity contribution in [2.24, 2.45) is 0 Å². The average Bonchev–Trinajstić information content (AvgIpc) is 3.62. The number of nitrogens with one attached hydrogen (secondary N) is 4. The van der Waals surface area contributed by atoms with E-state index < -0.39 is 0 Å². The van der Waals surface area contributed by atoms with Gasteiger partial charge >= 0.3 is 0 Å². The standard InChI is InChI=1S/2C11H6N6O/c12-10-14-15-11-13-8-7(16-17(10)11)5-3-1-2-4-6(5)9(8)18;12-10-14-15-11-13-7-5-3-1-2-4-6(5)9(18)8(7)16-17(10)11/h2*1-4,12,16H. The van der Waals surface area contributed by atoms with Gasteiger partial charge in [0.1, 0.15) is 16.6 Å². The fourth-order valence-electron chi connectivity index (χ4n) is 4.30. The Hall–Kier alpha value is -5.66. The number of nitrogens with zero attached hydrogens (tertiary/aromatic N) is 8. The highest BCUT2D eigenvalue weighted by molar-refractivity contribution is 6.08. The molecule has 0 saturated carbocycles. The molecule has 0 spiro atoms. The molecule has 4 aromatic heterocycles. The van der Waals surface area contributed by atoms with E-state index >= 15 is 0 Å². The van der Waals surface area contributed by atoms with Crippen molar-refractivity contribution >= 4 is 55.2 Å². The van der Waals surface area contributed by atoms with Gasteiger partial charge in [0, 0.05) is 21.5 Å². The molecule has 0 unspecified atom stereocenters. The highest BCUT2D eigenvalue weighted by atomic mass is 16.1. The Morgan fingerprint density at radius 3 is 1.72 bits per heavy atom. The van der Waals surface area contributed by atoms with Crippen LogP contribution in [0.25, 0.3) is 55.2 Å². The second-order valence-electron chi connectivity index (χ2n) is 7.96. The molecule has 172 valence electrons. The van der Waals surface area contributed by atoms with Crippen molar-refractivity contribution in [3.05, 3.63) is 80.2 Å². The van der Waals surface area contributed by atoms with Crippen LogP contribution in [-0.2, 0) is 0 Å². The Kier molecular flexibility index (Phi) is 3.80. The summed E-state index contributed by atoms with van der Waals surface area (Å²) in [6.45, 7) is 0. The molecule has 0 amide bonds. The summed E-state index contributed by atoms with van der Waals surface area (Å²) in [6.07, 6.45) is 0. The van der Waals surface area contributed by atoms with Crippen molar-refractivity contribution in [3.63, 3.8) is 0 Å². The van der Waals surface area contributed by atoms with Crippen LogP contribution in [0.2, 0.25) is 0 Å². The second kappa shape index (κ2) is 6.92. The van der Waals surface area contributed by atoms with Gasteiger partial charge in [-0.3, -0.25) is 30.6 Å². The molecule has 0 aliphatic carbocycles. The van der Waals surface area contributed by atoms with Gasteiger partial charge in [-0.05, 0) is 0 Å². The fourth-order valence-corrected chi connectivity index (χ4v) is 4.30. The van der Waals surface area contributed by atoms with Crippen molar-refractivity contribution in [1.82, 2.24) is 49.6 Å². The van der Waals surface area contributed by atoms with Crippen LogP contribution < -0.4 is 22.1 Å². The molecule has 14 heteroatoms. The van der Waals surface area contributed by atoms with Crippen molar-refractivity contribution in [2.45, 2.75) is 0 Å². The minimum Gasteiger partial charge on any atom is -0.287 e. The van der Waals surface area contributed by atoms with Crippen molar-refractivity contribution in [1.29, 1.82) is 10.8 Å². The summed E-state index contributed by atoms with van der Waals surface area (Å²) >= 11 is 0. The molecule has 4 heterocycles. The molecule has 0 saturated heterocycles. The van der Waals surface area contributed by atoms with Gasteiger partial charge in [0.25, 0.3) is 22.8 Å². The number of aromatic nitrogens is 10. The third-order valence-electron chi connectivity index (χ3n) is 5.95. The number of H-pyrrole nitrogens is 2. The highest BCUT2D eigenvalue weighted by Gasteiger charge is 2.15. The first kappa shape index (κ1) is 19.8. The Morgan fingerprint density at radius 1 is 0.583 bits per heavy atom. The molecular weight excluding hydrogens is 464 g/mol. The van der Waals surface area contributed by atoms with Gasteiger partial charge in [-0.2, -0.15) is 9.03 Å². The predicted octanol–water partition coefficient (Wildman–Crippen LogP) is 0.0725. The first-order valence-corrected chi connectivity index (χ1v) is 10.6. The van der Waals surface area contributed by atoms with Gasteiger partial charge in [0.05, 0.1) is 5.52 Å². The first-order chi connectivity index (χ1) is 17.5. The monoisotopic (exact) mass is 476 g/mol. The summed E-state index contributed by atoms with van der Waals surface area (Å²) < 4.78 is 2.62. The van der Waals surface area contributed by atoms with Gasteiger partial charge in [0.15, 0.2) is 0 Å². The lowest BCUT2D eigenvalue weighted by Crippen LogP contribution is -2.14. The number of aromatic amines is 2. The summed E-state index contributed by atoms with van der Waals surface area (Å²) in [5, 5.41) is 38.4. The zero-order valence-electron chi connectivity index (χ0n) is 18.0. The number of fused-ring (bicyclic) bond motifs is 8. The molecule has 4 N–H and O–H groups in total. The van der Waals surface area contributed by atoms with Crippen LogP contribution in [0.5, 0.6) is 0 Å². The summed E-state index contributed by atoms with van der Waals surface area (Å²) in [4.78, 5) is 32.8. The zero-order valence-corrected chi connectivity index (χ0v) is 18.0. The smallest absolute Gasteiger partial charge is 0.272 e. The van der Waals surface area contributed by atoms with Crippen LogP contribution in [0.4, 0.5) is 0 Å². The highest BCUT2D eigenvalue weighted by Crippen LogP contribution is 2.21. The maximum Gasteiger partial charge on any atom is 0.272 e. The maximum absolute atomic E-state index is 12.2. The minimum absolute atomic E-state index is 0.0443. The predicted molar refractivity (Wildman–Crippen MR) is 127 cm³/mol. The van der Waals surface area contributed by atoms with Crippen LogP contribution in [0.1, 0.15) is 0 Å². The number of hydrogen-bond donors (Lipinski definition) is 4. The molecule has 0 aliphatic heterocycles. The van der Waals surface area contributed by atoms with Crippen molar-refractivity contribution < 1.29 is 0 Å². The molecule has 0 bridgehead atoms. The molecule has 0 radical (unpaired) electrons. The molecule has 0 fully saturated rings. The van der Waals surface area contributed by atoms with E-state index in [1.54, 1.807) is 12.1 Å². The van der Waals surface area contributed by atoms with Gasteiger partial charge in [-0.1, -0.05) is 48.5 Å². The summed E-state index contributed by atoms with van der Waals surface area (Å²) in [7, 11) is 0. The number of benzene rings is 2. The van der Waals surface area contributed by atoms with E-state index in [0.717, 1.165) is 10.8 Å². The SMILES string of the molecule is N=c1nnc2nc3c(=O)c4ccccc4c3[nH]n12.N=c1nnc2nc3c([nH]n12)c(=O)c1ccccc13. The molecule has 8 aromatic rings. The summed E-state index contributed by atoms with van der Waals surface area (Å²) in [6, 6.07) is 14.5. The fraction of sp³-hybridized carbons (Fsp3) is 0. The van der Waals surface area contributed by atoms with Crippen LogP contribution in [0.3, 0.4) is 0 Å². The third kappa shape index (κ3) is 2.60. The van der Waals surface area contributed by atoms with Crippen molar-refractivity contribution in [3.8, 4) is 0 Å². The van der Waals surface area contributed by atoms with Crippen LogP contribution in [0.15, 0.2) is 58.1 Å². The Labute approximate surface area is 196 Å². The van der Waals surface area contributed by atoms with E-state index in [1.807, 2.05) is 36.4 Å². The second-order valence-corrected chi connectivity index (χ2v) is 7.96. The number of hydrogen-bond acceptors (Lipinski definition) is 10. The summed E-state index contributed by atoms with van der Waals surface area (Å²) in [5.41, 5.74) is 1.50. The van der Waals surface area contributed by atoms with Gasteiger partial charge in [-0.25, -0.2) is 9.97 Å². The van der Waals surface area contributed by atoms with Gasteiger partial charge in [-0.15, -0.1) is 20.4 Å². The van der Waals surface area contributed by atoms with E-state index in [1.165, 1.54) is 9.03 Å². The normalized spacial score (nSPS) is 11.8. The van der Waals surface area contributed by atoms with E-state index in [0.29, 0.717) is 32.8 Å². The van der Waals surface area contributed by atoms with Crippen molar-refractivity contribution in [2.75, 3.05) is 0 Å². The van der Waals surface area contributed by atoms with E-state index in [-0.39, 0.29) is 33.6 Å². The third-order valence-corrected chi connectivity index (χ3v) is 5.95. The van der Waals surface area contributed by atoms with E-state index in [2.05, 4.69) is 40.6 Å². The lowest BCUT2D eigenvalue weighted by molar-refractivity contribution is 0.836. The van der Waals surface area contributed by atoms with Gasteiger partial charge in [0.2, 0.25) is 10.9 Å². The molecule has 4 aromatic carbocycles. The first-order valence-electron chi connectivity index (χ1n) is 10.6. The molecule has 8 rings (SSSR count). The average molecular weight is 476 g/mol. The van der Waals surface area contributed by atoms with Crippen LogP contribution in [-0.4, -0.2) is 49.6 Å². The van der Waals surface area contributed by atoms with Gasteiger partial charge < -0.3 is 0 Å². The van der Waals surface area contributed by atoms with Crippen LogP contribution >= 0.6 is 0 Å². The Balaban J connectivity index is 0.000000122. The maximum atomic E-state index is 12.2. The number of rotatable bonds is 0. The quantitative estimate of drug-likeness (QED) is 0.235. The van der Waals surface area contributed by atoms with E-state index in [9.17, 15) is 9.59 Å². The zero-order chi connectivity index (χ0) is 24.6. The molecular formula is C22H12N12O2. The molecule has 0 atom stereocenters. The lowest BCUT2D eigenvalue weighted by Gasteiger charge is -1.94. The minimum atomic E-state index is -0.131. The topological polar surface area (TPSA) is 200 Å². The molecule has 14 nitrogen and oxygen atoms in total. The van der Waals surface area contributed by atoms with Crippen LogP contribution in [0, 0.1) is 10.8 Å². The Bertz CT molecular complexity index is 2360. The Morgan fingerprint density at radius 2 is 1.08 bits per heavy atom. The van der Waals surface area contributed by atoms with E-state index in [4.69, 9.17) is 10.8 Å². The molecule has 0 aliphatic rings. The largest absolute Gasteiger partial charge is 0.287 e. The lowest BCUT2D eigenvalue weighted by atomic mass is 10.2. The molecule has 36 heavy (non-hydrogen) atoms. The summed E-state index contributed by atoms with van der Waals surface area (Å²) in [5.74, 6) is 0.503.